The summed E-state index contributed by atoms with van der Waals surface area (Å²) in [6, 6.07) is 4.44. The van der Waals surface area contributed by atoms with Crippen molar-refractivity contribution in [2.45, 2.75) is 25.4 Å². The molecule has 3 aromatic heterocycles. The van der Waals surface area contributed by atoms with E-state index < -0.39 is 0 Å². The molecule has 0 radical (unpaired) electrons. The van der Waals surface area contributed by atoms with Crippen LogP contribution in [0.2, 0.25) is 0 Å². The minimum absolute atomic E-state index is 0.327. The van der Waals surface area contributed by atoms with Crippen molar-refractivity contribution in [2.24, 2.45) is 7.05 Å². The molecule has 4 rings (SSSR count). The molecule has 0 bridgehead atoms. The standard InChI is InChI=1S/C18H20N6/c1-23-9-7-20-18(23)16-12-21-15(11-22-16)17-5-3-8-24(17)13-14-4-2-6-19-10-14/h2,4,6-7,9-12,17H,3,5,8,13H2,1H3/t17-/m0/s1. The highest BCUT2D eigenvalue weighted by atomic mass is 15.2. The SMILES string of the molecule is Cn1ccnc1-c1cnc([C@@H]2CCCN2Cc2cccnc2)cn1. The van der Waals surface area contributed by atoms with Gasteiger partial charge in [0.2, 0.25) is 0 Å². The molecular formula is C18H20N6. The Kier molecular flexibility index (Phi) is 4.04. The molecule has 24 heavy (non-hydrogen) atoms. The van der Waals surface area contributed by atoms with E-state index >= 15 is 0 Å². The molecular weight excluding hydrogens is 300 g/mol. The Bertz CT molecular complexity index is 796. The fraction of sp³-hybridized carbons (Fsp3) is 0.333. The van der Waals surface area contributed by atoms with E-state index in [9.17, 15) is 0 Å². The molecule has 4 heterocycles. The Morgan fingerprint density at radius 1 is 1.12 bits per heavy atom. The Balaban J connectivity index is 1.53. The number of imidazole rings is 1. The van der Waals surface area contributed by atoms with Gasteiger partial charge in [0.15, 0.2) is 5.82 Å². The summed E-state index contributed by atoms with van der Waals surface area (Å²) in [5.41, 5.74) is 3.08. The maximum Gasteiger partial charge on any atom is 0.159 e. The van der Waals surface area contributed by atoms with Gasteiger partial charge in [0.1, 0.15) is 5.69 Å². The van der Waals surface area contributed by atoms with Crippen LogP contribution in [0.3, 0.4) is 0 Å². The van der Waals surface area contributed by atoms with Crippen LogP contribution in [0.4, 0.5) is 0 Å². The van der Waals surface area contributed by atoms with Crippen LogP contribution in [-0.2, 0) is 13.6 Å². The number of aromatic nitrogens is 5. The quantitative estimate of drug-likeness (QED) is 0.739. The zero-order valence-corrected chi connectivity index (χ0v) is 13.7. The van der Waals surface area contributed by atoms with Gasteiger partial charge in [0.05, 0.1) is 24.1 Å². The van der Waals surface area contributed by atoms with Crippen molar-refractivity contribution >= 4 is 0 Å². The fourth-order valence-electron chi connectivity index (χ4n) is 3.31. The average Bonchev–Trinajstić information content (AvgIpc) is 3.25. The second kappa shape index (κ2) is 6.49. The molecule has 1 aliphatic heterocycles. The van der Waals surface area contributed by atoms with Crippen LogP contribution in [0.15, 0.2) is 49.3 Å². The average molecular weight is 320 g/mol. The summed E-state index contributed by atoms with van der Waals surface area (Å²) in [4.78, 5) is 20.3. The van der Waals surface area contributed by atoms with E-state index in [0.717, 1.165) is 36.7 Å². The maximum absolute atomic E-state index is 4.68. The van der Waals surface area contributed by atoms with Gasteiger partial charge in [-0.1, -0.05) is 6.07 Å². The molecule has 6 heteroatoms. The van der Waals surface area contributed by atoms with E-state index in [2.05, 4.69) is 30.9 Å². The van der Waals surface area contributed by atoms with Crippen molar-refractivity contribution in [1.82, 2.24) is 29.4 Å². The van der Waals surface area contributed by atoms with Crippen LogP contribution in [0.25, 0.3) is 11.5 Å². The predicted octanol–water partition coefficient (Wildman–Crippen LogP) is 2.61. The Hall–Kier alpha value is -2.60. The Labute approximate surface area is 141 Å². The molecule has 1 aliphatic rings. The molecule has 0 saturated carbocycles. The number of nitrogens with zero attached hydrogens (tertiary/aromatic N) is 6. The van der Waals surface area contributed by atoms with Gasteiger partial charge < -0.3 is 4.57 Å². The normalized spacial score (nSPS) is 18.1. The number of hydrogen-bond acceptors (Lipinski definition) is 5. The Morgan fingerprint density at radius 2 is 2.08 bits per heavy atom. The summed E-state index contributed by atoms with van der Waals surface area (Å²) >= 11 is 0. The van der Waals surface area contributed by atoms with Gasteiger partial charge in [-0.3, -0.25) is 14.9 Å². The van der Waals surface area contributed by atoms with Crippen LogP contribution in [-0.4, -0.2) is 35.9 Å². The molecule has 1 atom stereocenters. The summed E-state index contributed by atoms with van der Waals surface area (Å²) in [6.45, 7) is 1.99. The predicted molar refractivity (Wildman–Crippen MR) is 90.9 cm³/mol. The highest BCUT2D eigenvalue weighted by Crippen LogP contribution is 2.32. The van der Waals surface area contributed by atoms with Crippen molar-refractivity contribution in [1.29, 1.82) is 0 Å². The zero-order chi connectivity index (χ0) is 16.4. The summed E-state index contributed by atoms with van der Waals surface area (Å²) in [5, 5.41) is 0. The van der Waals surface area contributed by atoms with Gasteiger partial charge in [-0.2, -0.15) is 0 Å². The lowest BCUT2D eigenvalue weighted by atomic mass is 10.1. The van der Waals surface area contributed by atoms with Crippen molar-refractivity contribution in [2.75, 3.05) is 6.54 Å². The molecule has 122 valence electrons. The maximum atomic E-state index is 4.68. The van der Waals surface area contributed by atoms with Crippen LogP contribution >= 0.6 is 0 Å². The Morgan fingerprint density at radius 3 is 2.79 bits per heavy atom. The largest absolute Gasteiger partial charge is 0.333 e. The minimum Gasteiger partial charge on any atom is -0.333 e. The lowest BCUT2D eigenvalue weighted by Crippen LogP contribution is -2.23. The molecule has 0 N–H and O–H groups in total. The third-order valence-corrected chi connectivity index (χ3v) is 4.54. The molecule has 0 amide bonds. The van der Waals surface area contributed by atoms with E-state index in [-0.39, 0.29) is 0 Å². The smallest absolute Gasteiger partial charge is 0.159 e. The van der Waals surface area contributed by atoms with Gasteiger partial charge in [0, 0.05) is 38.4 Å². The fourth-order valence-corrected chi connectivity index (χ4v) is 3.31. The number of hydrogen-bond donors (Lipinski definition) is 0. The molecule has 0 unspecified atom stereocenters. The first-order valence-electron chi connectivity index (χ1n) is 8.24. The van der Waals surface area contributed by atoms with E-state index in [1.54, 1.807) is 6.20 Å². The molecule has 3 aromatic rings. The van der Waals surface area contributed by atoms with Crippen LogP contribution in [0.5, 0.6) is 0 Å². The second-order valence-corrected chi connectivity index (χ2v) is 6.18. The zero-order valence-electron chi connectivity index (χ0n) is 13.7. The summed E-state index contributed by atoms with van der Waals surface area (Å²) < 4.78 is 1.95. The third-order valence-electron chi connectivity index (χ3n) is 4.54. The molecule has 0 aromatic carbocycles. The van der Waals surface area contributed by atoms with Gasteiger partial charge in [-0.25, -0.2) is 9.97 Å². The monoisotopic (exact) mass is 320 g/mol. The van der Waals surface area contributed by atoms with E-state index in [4.69, 9.17) is 0 Å². The third kappa shape index (κ3) is 2.92. The lowest BCUT2D eigenvalue weighted by Gasteiger charge is -2.23. The van der Waals surface area contributed by atoms with Crippen LogP contribution < -0.4 is 0 Å². The van der Waals surface area contributed by atoms with Gasteiger partial charge in [0.25, 0.3) is 0 Å². The van der Waals surface area contributed by atoms with Crippen molar-refractivity contribution in [3.63, 3.8) is 0 Å². The number of pyridine rings is 1. The summed E-state index contributed by atoms with van der Waals surface area (Å²) in [6.07, 6.45) is 13.5. The van der Waals surface area contributed by atoms with E-state index in [1.165, 1.54) is 12.0 Å². The number of likely N-dealkylation sites (tertiary alicyclic amines) is 1. The van der Waals surface area contributed by atoms with Crippen molar-refractivity contribution < 1.29 is 0 Å². The highest BCUT2D eigenvalue weighted by Gasteiger charge is 2.27. The topological polar surface area (TPSA) is 59.7 Å². The van der Waals surface area contributed by atoms with E-state index in [0.29, 0.717) is 6.04 Å². The van der Waals surface area contributed by atoms with Gasteiger partial charge >= 0.3 is 0 Å². The molecule has 0 spiro atoms. The molecule has 0 aliphatic carbocycles. The first kappa shape index (κ1) is 15.0. The summed E-state index contributed by atoms with van der Waals surface area (Å²) in [7, 11) is 1.96. The summed E-state index contributed by atoms with van der Waals surface area (Å²) in [5.74, 6) is 0.840. The number of rotatable bonds is 4. The first-order valence-corrected chi connectivity index (χ1v) is 8.24. The van der Waals surface area contributed by atoms with E-state index in [1.807, 2.05) is 48.7 Å². The van der Waals surface area contributed by atoms with Crippen molar-refractivity contribution in [3.05, 3.63) is 60.6 Å². The van der Waals surface area contributed by atoms with Gasteiger partial charge in [-0.05, 0) is 31.0 Å². The minimum atomic E-state index is 0.327. The first-order chi connectivity index (χ1) is 11.8. The van der Waals surface area contributed by atoms with Gasteiger partial charge in [-0.15, -0.1) is 0 Å². The molecule has 1 fully saturated rings. The highest BCUT2D eigenvalue weighted by molar-refractivity contribution is 5.47. The molecule has 6 nitrogen and oxygen atoms in total. The number of aryl methyl sites for hydroxylation is 1. The molecule has 1 saturated heterocycles. The van der Waals surface area contributed by atoms with Crippen LogP contribution in [0, 0.1) is 0 Å². The van der Waals surface area contributed by atoms with Crippen molar-refractivity contribution in [3.8, 4) is 11.5 Å². The second-order valence-electron chi connectivity index (χ2n) is 6.18. The lowest BCUT2D eigenvalue weighted by molar-refractivity contribution is 0.243. The van der Waals surface area contributed by atoms with Crippen LogP contribution in [0.1, 0.15) is 30.1 Å².